The molecule has 0 aliphatic carbocycles. The largest absolute Gasteiger partial charge is 0.372 e. The lowest BCUT2D eigenvalue weighted by Crippen LogP contribution is -2.02. The molecule has 0 atom stereocenters. The summed E-state index contributed by atoms with van der Waals surface area (Å²) in [6, 6.07) is 5.54. The maximum Gasteiger partial charge on any atom is 0.180 e. The molecule has 0 bridgehead atoms. The van der Waals surface area contributed by atoms with Crippen LogP contribution < -0.4 is 10.6 Å². The van der Waals surface area contributed by atoms with Gasteiger partial charge in [-0.2, -0.15) is 0 Å². The molecule has 3 aromatic rings. The van der Waals surface area contributed by atoms with Gasteiger partial charge in [-0.05, 0) is 34.1 Å². The Morgan fingerprint density at radius 3 is 2.95 bits per heavy atom. The highest BCUT2D eigenvalue weighted by atomic mass is 79.9. The molecule has 5 nitrogen and oxygen atoms in total. The van der Waals surface area contributed by atoms with Crippen LogP contribution in [0.25, 0.3) is 5.65 Å². The van der Waals surface area contributed by atoms with Crippen molar-refractivity contribution in [3.05, 3.63) is 46.3 Å². The molecule has 0 fully saturated rings. The molecule has 0 radical (unpaired) electrons. The number of halogens is 2. The van der Waals surface area contributed by atoms with Crippen LogP contribution in [0.15, 0.2) is 41.3 Å². The SMILES string of the molecule is CNc1cn2ccnc2c(Nc2ccc(Cl)cc2Br)n1. The van der Waals surface area contributed by atoms with Gasteiger partial charge in [-0.3, -0.25) is 0 Å². The van der Waals surface area contributed by atoms with Gasteiger partial charge in [-0.25, -0.2) is 9.97 Å². The van der Waals surface area contributed by atoms with E-state index in [1.165, 1.54) is 0 Å². The van der Waals surface area contributed by atoms with Crippen LogP contribution in [0.1, 0.15) is 0 Å². The Morgan fingerprint density at radius 1 is 1.35 bits per heavy atom. The summed E-state index contributed by atoms with van der Waals surface area (Å²) < 4.78 is 2.77. The van der Waals surface area contributed by atoms with E-state index in [1.54, 1.807) is 6.20 Å². The van der Waals surface area contributed by atoms with Gasteiger partial charge in [0.2, 0.25) is 0 Å². The molecule has 1 aromatic carbocycles. The molecule has 0 unspecified atom stereocenters. The number of aromatic nitrogens is 3. The first-order chi connectivity index (χ1) is 9.67. The predicted octanol–water partition coefficient (Wildman–Crippen LogP) is 3.93. The molecule has 2 N–H and O–H groups in total. The summed E-state index contributed by atoms with van der Waals surface area (Å²) in [5.41, 5.74) is 1.63. The lowest BCUT2D eigenvalue weighted by Gasteiger charge is -2.11. The topological polar surface area (TPSA) is 54.2 Å². The van der Waals surface area contributed by atoms with Crippen molar-refractivity contribution in [2.45, 2.75) is 0 Å². The Labute approximate surface area is 129 Å². The highest BCUT2D eigenvalue weighted by Crippen LogP contribution is 2.29. The number of nitrogens with one attached hydrogen (secondary N) is 2. The Hall–Kier alpha value is -1.79. The van der Waals surface area contributed by atoms with Crippen LogP contribution in [-0.2, 0) is 0 Å². The second-order valence-corrected chi connectivity index (χ2v) is 5.42. The molecule has 7 heteroatoms. The molecule has 0 amide bonds. The van der Waals surface area contributed by atoms with Gasteiger partial charge in [-0.1, -0.05) is 11.6 Å². The van der Waals surface area contributed by atoms with E-state index in [0.717, 1.165) is 21.6 Å². The van der Waals surface area contributed by atoms with Crippen molar-refractivity contribution in [2.75, 3.05) is 17.7 Å². The van der Waals surface area contributed by atoms with Crippen molar-refractivity contribution in [2.24, 2.45) is 0 Å². The minimum absolute atomic E-state index is 0.671. The van der Waals surface area contributed by atoms with E-state index in [-0.39, 0.29) is 0 Å². The van der Waals surface area contributed by atoms with Crippen molar-refractivity contribution >= 4 is 50.5 Å². The molecular weight excluding hydrogens is 342 g/mol. The van der Waals surface area contributed by atoms with Crippen LogP contribution >= 0.6 is 27.5 Å². The van der Waals surface area contributed by atoms with Crippen LogP contribution in [0.3, 0.4) is 0 Å². The molecule has 2 heterocycles. The van der Waals surface area contributed by atoms with E-state index in [4.69, 9.17) is 11.6 Å². The number of hydrogen-bond donors (Lipinski definition) is 2. The number of hydrogen-bond acceptors (Lipinski definition) is 4. The minimum Gasteiger partial charge on any atom is -0.372 e. The number of rotatable bonds is 3. The third kappa shape index (κ3) is 2.44. The molecule has 20 heavy (non-hydrogen) atoms. The molecule has 3 rings (SSSR count). The highest BCUT2D eigenvalue weighted by Gasteiger charge is 2.09. The van der Waals surface area contributed by atoms with Gasteiger partial charge in [0.15, 0.2) is 11.5 Å². The fourth-order valence-electron chi connectivity index (χ4n) is 1.85. The summed E-state index contributed by atoms with van der Waals surface area (Å²) in [5.74, 6) is 1.42. The second kappa shape index (κ2) is 5.30. The van der Waals surface area contributed by atoms with Crippen molar-refractivity contribution in [3.63, 3.8) is 0 Å². The van der Waals surface area contributed by atoms with Crippen molar-refractivity contribution in [3.8, 4) is 0 Å². The van der Waals surface area contributed by atoms with Crippen molar-refractivity contribution in [1.82, 2.24) is 14.4 Å². The number of benzene rings is 1. The van der Waals surface area contributed by atoms with E-state index in [1.807, 2.05) is 42.0 Å². The normalized spacial score (nSPS) is 10.8. The first-order valence-electron chi connectivity index (χ1n) is 5.91. The number of nitrogens with zero attached hydrogens (tertiary/aromatic N) is 3. The lowest BCUT2D eigenvalue weighted by atomic mass is 10.3. The first kappa shape index (κ1) is 13.2. The monoisotopic (exact) mass is 351 g/mol. The quantitative estimate of drug-likeness (QED) is 0.750. The maximum atomic E-state index is 5.95. The number of anilines is 3. The molecular formula is C13H11BrClN5. The maximum absolute atomic E-state index is 5.95. The van der Waals surface area contributed by atoms with Gasteiger partial charge in [0.25, 0.3) is 0 Å². The zero-order valence-corrected chi connectivity index (χ0v) is 12.9. The molecule has 0 spiro atoms. The zero-order chi connectivity index (χ0) is 14.1. The van der Waals surface area contributed by atoms with E-state index < -0.39 is 0 Å². The lowest BCUT2D eigenvalue weighted by molar-refractivity contribution is 1.12. The fraction of sp³-hybridized carbons (Fsp3) is 0.0769. The van der Waals surface area contributed by atoms with E-state index in [9.17, 15) is 0 Å². The molecule has 0 saturated carbocycles. The summed E-state index contributed by atoms with van der Waals surface area (Å²) >= 11 is 9.42. The van der Waals surface area contributed by atoms with Crippen molar-refractivity contribution in [1.29, 1.82) is 0 Å². The van der Waals surface area contributed by atoms with E-state index in [0.29, 0.717) is 10.8 Å². The van der Waals surface area contributed by atoms with Gasteiger partial charge in [0, 0.05) is 28.9 Å². The molecule has 2 aromatic heterocycles. The Kier molecular flexibility index (Phi) is 3.50. The number of fused-ring (bicyclic) bond motifs is 1. The van der Waals surface area contributed by atoms with Crippen LogP contribution in [0, 0.1) is 0 Å². The van der Waals surface area contributed by atoms with Gasteiger partial charge in [0.05, 0.1) is 11.9 Å². The van der Waals surface area contributed by atoms with Crippen LogP contribution in [0.4, 0.5) is 17.3 Å². The van der Waals surface area contributed by atoms with E-state index >= 15 is 0 Å². The van der Waals surface area contributed by atoms with Crippen molar-refractivity contribution < 1.29 is 0 Å². The molecule has 0 aliphatic heterocycles. The first-order valence-corrected chi connectivity index (χ1v) is 7.08. The van der Waals surface area contributed by atoms with Gasteiger partial charge in [0.1, 0.15) is 5.82 Å². The highest BCUT2D eigenvalue weighted by molar-refractivity contribution is 9.10. The average Bonchev–Trinajstić information content (AvgIpc) is 2.90. The third-order valence-corrected chi connectivity index (χ3v) is 3.71. The van der Waals surface area contributed by atoms with E-state index in [2.05, 4.69) is 36.5 Å². The summed E-state index contributed by atoms with van der Waals surface area (Å²) in [4.78, 5) is 8.80. The molecule has 0 aliphatic rings. The summed E-state index contributed by atoms with van der Waals surface area (Å²) in [7, 11) is 1.83. The average molecular weight is 353 g/mol. The molecule has 102 valence electrons. The van der Waals surface area contributed by atoms with Crippen LogP contribution in [0.2, 0.25) is 5.02 Å². The summed E-state index contributed by atoms with van der Waals surface area (Å²) in [5, 5.41) is 6.96. The van der Waals surface area contributed by atoms with Gasteiger partial charge in [-0.15, -0.1) is 0 Å². The smallest absolute Gasteiger partial charge is 0.180 e. The third-order valence-electron chi connectivity index (χ3n) is 2.81. The Balaban J connectivity index is 2.07. The van der Waals surface area contributed by atoms with Crippen LogP contribution in [-0.4, -0.2) is 21.4 Å². The number of imidazole rings is 1. The predicted molar refractivity (Wildman–Crippen MR) is 85.0 cm³/mol. The van der Waals surface area contributed by atoms with Crippen LogP contribution in [0.5, 0.6) is 0 Å². The fourth-order valence-corrected chi connectivity index (χ4v) is 2.64. The Bertz CT molecular complexity index is 771. The standard InChI is InChI=1S/C13H11BrClN5/c1-16-11-7-20-5-4-17-13(20)12(19-11)18-10-3-2-8(15)6-9(10)14/h2-7,16H,1H3,(H,18,19). The Morgan fingerprint density at radius 2 is 2.20 bits per heavy atom. The minimum atomic E-state index is 0.671. The zero-order valence-electron chi connectivity index (χ0n) is 10.6. The van der Waals surface area contributed by atoms with Gasteiger partial charge >= 0.3 is 0 Å². The summed E-state index contributed by atoms with van der Waals surface area (Å²) in [6.07, 6.45) is 5.49. The summed E-state index contributed by atoms with van der Waals surface area (Å²) in [6.45, 7) is 0. The molecule has 0 saturated heterocycles. The second-order valence-electron chi connectivity index (χ2n) is 4.13. The van der Waals surface area contributed by atoms with Gasteiger partial charge < -0.3 is 15.0 Å².